The molecule has 11 aromatic rings. The number of benzene rings is 8. The summed E-state index contributed by atoms with van der Waals surface area (Å²) in [6.45, 7) is 0. The molecule has 11 rings (SSSR count). The van der Waals surface area contributed by atoms with Crippen LogP contribution in [-0.4, -0.2) is 0 Å². The molecule has 0 bridgehead atoms. The monoisotopic (exact) mass is 714 g/mol. The fourth-order valence-electron chi connectivity index (χ4n) is 8.20. The highest BCUT2D eigenvalue weighted by Crippen LogP contribution is 2.48. The van der Waals surface area contributed by atoms with E-state index in [4.69, 9.17) is 0 Å². The number of rotatable bonds is 5. The first-order chi connectivity index (χ1) is 25.8. The van der Waals surface area contributed by atoms with Gasteiger partial charge in [-0.2, -0.15) is 0 Å². The molecule has 0 aliphatic rings. The van der Waals surface area contributed by atoms with Crippen LogP contribution in [0, 0.1) is 0 Å². The molecule has 8 aromatic carbocycles. The summed E-state index contributed by atoms with van der Waals surface area (Å²) in [7, 11) is 0. The molecule has 0 N–H and O–H groups in total. The number of hydrogen-bond acceptors (Lipinski definition) is 3. The third-order valence-electron chi connectivity index (χ3n) is 10.6. The summed E-state index contributed by atoms with van der Waals surface area (Å²) in [5.74, 6) is 0.0443. The molecule has 0 nitrogen and oxygen atoms in total. The molecule has 1 unspecified atom stereocenters. The van der Waals surface area contributed by atoms with Gasteiger partial charge in [-0.05, 0) is 75.3 Å². The van der Waals surface area contributed by atoms with Gasteiger partial charge in [-0.1, -0.05) is 140 Å². The molecule has 0 aliphatic heterocycles. The van der Waals surface area contributed by atoms with Gasteiger partial charge in [0.15, 0.2) is 0 Å². The molecule has 0 saturated heterocycles. The van der Waals surface area contributed by atoms with Crippen molar-refractivity contribution in [2.45, 2.75) is 5.92 Å². The van der Waals surface area contributed by atoms with E-state index in [2.05, 4.69) is 176 Å². The van der Waals surface area contributed by atoms with Crippen LogP contribution >= 0.6 is 34.0 Å². The average molecular weight is 715 g/mol. The van der Waals surface area contributed by atoms with E-state index in [-0.39, 0.29) is 5.92 Å². The van der Waals surface area contributed by atoms with Crippen molar-refractivity contribution in [3.05, 3.63) is 193 Å². The minimum atomic E-state index is 0.0443. The molecule has 3 heterocycles. The van der Waals surface area contributed by atoms with Crippen LogP contribution in [-0.2, 0) is 0 Å². The van der Waals surface area contributed by atoms with Crippen molar-refractivity contribution in [2.24, 2.45) is 0 Å². The summed E-state index contributed by atoms with van der Waals surface area (Å²) < 4.78 is 8.02. The van der Waals surface area contributed by atoms with Gasteiger partial charge in [-0.15, -0.1) is 34.0 Å². The van der Waals surface area contributed by atoms with E-state index >= 15 is 0 Å². The zero-order valence-electron chi connectivity index (χ0n) is 28.0. The van der Waals surface area contributed by atoms with Crippen LogP contribution in [0.25, 0.3) is 82.8 Å². The van der Waals surface area contributed by atoms with Crippen LogP contribution < -0.4 is 0 Å². The molecule has 0 spiro atoms. The first-order valence-electron chi connectivity index (χ1n) is 17.7. The van der Waals surface area contributed by atoms with Crippen molar-refractivity contribution in [3.63, 3.8) is 0 Å². The second-order valence-electron chi connectivity index (χ2n) is 13.6. The standard InChI is InChI=1S/C49H30S3/c1-3-11-30(12-4-1)32-19-22-38-41-27-33(21-26-44(41)51-45(38)28-32)47(34-20-23-37-36-15-7-9-17-42(36)50-46(37)29-34)40-25-24-35(31-13-5-2-6-14-31)49-48(40)39-16-8-10-18-43(39)52-49/h1-29,47H. The topological polar surface area (TPSA) is 0 Å². The summed E-state index contributed by atoms with van der Waals surface area (Å²) in [5, 5.41) is 8.03. The lowest BCUT2D eigenvalue weighted by atomic mass is 9.81. The van der Waals surface area contributed by atoms with Gasteiger partial charge in [-0.3, -0.25) is 0 Å². The Morgan fingerprint density at radius 2 is 0.904 bits per heavy atom. The van der Waals surface area contributed by atoms with Crippen LogP contribution in [0.4, 0.5) is 0 Å². The fraction of sp³-hybridized carbons (Fsp3) is 0.0204. The molecule has 244 valence electrons. The summed E-state index contributed by atoms with van der Waals surface area (Å²) >= 11 is 5.72. The Morgan fingerprint density at radius 1 is 0.327 bits per heavy atom. The minimum absolute atomic E-state index is 0.0443. The molecule has 0 amide bonds. The maximum Gasteiger partial charge on any atom is 0.0436 e. The highest BCUT2D eigenvalue weighted by Gasteiger charge is 2.25. The van der Waals surface area contributed by atoms with Gasteiger partial charge in [-0.25, -0.2) is 0 Å². The van der Waals surface area contributed by atoms with Crippen LogP contribution in [0.2, 0.25) is 0 Å². The molecule has 52 heavy (non-hydrogen) atoms. The predicted molar refractivity (Wildman–Crippen MR) is 230 cm³/mol. The van der Waals surface area contributed by atoms with E-state index in [9.17, 15) is 0 Å². The lowest BCUT2D eigenvalue weighted by Crippen LogP contribution is -2.04. The highest BCUT2D eigenvalue weighted by atomic mass is 32.1. The molecule has 3 heteroatoms. The second-order valence-corrected chi connectivity index (χ2v) is 16.8. The van der Waals surface area contributed by atoms with Crippen molar-refractivity contribution in [2.75, 3.05) is 0 Å². The van der Waals surface area contributed by atoms with Gasteiger partial charge in [0.2, 0.25) is 0 Å². The van der Waals surface area contributed by atoms with E-state index in [1.807, 2.05) is 34.0 Å². The van der Waals surface area contributed by atoms with Crippen molar-refractivity contribution in [1.82, 2.24) is 0 Å². The van der Waals surface area contributed by atoms with E-state index in [1.54, 1.807) is 0 Å². The van der Waals surface area contributed by atoms with Crippen molar-refractivity contribution in [1.29, 1.82) is 0 Å². The Morgan fingerprint density at radius 3 is 1.71 bits per heavy atom. The molecule has 0 aliphatic carbocycles. The fourth-order valence-corrected chi connectivity index (χ4v) is 11.8. The molecule has 3 aromatic heterocycles. The summed E-state index contributed by atoms with van der Waals surface area (Å²) in [5.41, 5.74) is 9.09. The molecular formula is C49H30S3. The van der Waals surface area contributed by atoms with Crippen LogP contribution in [0.3, 0.4) is 0 Å². The third-order valence-corrected chi connectivity index (χ3v) is 14.1. The lowest BCUT2D eigenvalue weighted by molar-refractivity contribution is 0.998. The Kier molecular flexibility index (Phi) is 6.94. The molecular weight excluding hydrogens is 685 g/mol. The van der Waals surface area contributed by atoms with E-state index < -0.39 is 0 Å². The number of fused-ring (bicyclic) bond motifs is 9. The Bertz CT molecular complexity index is 3120. The average Bonchev–Trinajstić information content (AvgIpc) is 3.89. The largest absolute Gasteiger partial charge is 0.135 e. The van der Waals surface area contributed by atoms with E-state index in [1.165, 1.54) is 99.5 Å². The van der Waals surface area contributed by atoms with Crippen molar-refractivity contribution in [3.8, 4) is 22.3 Å². The summed E-state index contributed by atoms with van der Waals surface area (Å²) in [6, 6.07) is 65.6. The molecule has 0 saturated carbocycles. The van der Waals surface area contributed by atoms with E-state index in [0.29, 0.717) is 0 Å². The molecule has 0 fully saturated rings. The van der Waals surface area contributed by atoms with Crippen LogP contribution in [0.1, 0.15) is 22.6 Å². The second kappa shape index (κ2) is 12.0. The number of hydrogen-bond donors (Lipinski definition) is 0. The van der Waals surface area contributed by atoms with Crippen molar-refractivity contribution >= 4 is 94.5 Å². The minimum Gasteiger partial charge on any atom is -0.135 e. The van der Waals surface area contributed by atoms with Crippen molar-refractivity contribution < 1.29 is 0 Å². The SMILES string of the molecule is c1ccc(-c2ccc3c(c2)sc2ccc(C(c4ccc5c(c4)sc4ccccc45)c4ccc(-c5ccccc5)c5sc6ccccc6c45)cc23)cc1. The Hall–Kier alpha value is -5.58. The summed E-state index contributed by atoms with van der Waals surface area (Å²) in [6.07, 6.45) is 0. The maximum absolute atomic E-state index is 2.49. The summed E-state index contributed by atoms with van der Waals surface area (Å²) in [4.78, 5) is 0. The Labute approximate surface area is 313 Å². The maximum atomic E-state index is 2.49. The zero-order chi connectivity index (χ0) is 34.2. The molecule has 1 atom stereocenters. The van der Waals surface area contributed by atoms with Gasteiger partial charge in [0.1, 0.15) is 0 Å². The first kappa shape index (κ1) is 30.1. The zero-order valence-corrected chi connectivity index (χ0v) is 30.5. The number of thiophene rings is 3. The van der Waals surface area contributed by atoms with Gasteiger partial charge < -0.3 is 0 Å². The van der Waals surface area contributed by atoms with Gasteiger partial charge in [0.05, 0.1) is 0 Å². The predicted octanol–water partition coefficient (Wildman–Crippen LogP) is 15.3. The normalized spacial score (nSPS) is 12.5. The van der Waals surface area contributed by atoms with Gasteiger partial charge in [0.25, 0.3) is 0 Å². The highest BCUT2D eigenvalue weighted by molar-refractivity contribution is 7.27. The van der Waals surface area contributed by atoms with Gasteiger partial charge >= 0.3 is 0 Å². The third kappa shape index (κ3) is 4.78. The lowest BCUT2D eigenvalue weighted by Gasteiger charge is -2.22. The molecule has 0 radical (unpaired) electrons. The first-order valence-corrected chi connectivity index (χ1v) is 20.1. The van der Waals surface area contributed by atoms with Crippen LogP contribution in [0.5, 0.6) is 0 Å². The quantitative estimate of drug-likeness (QED) is 0.156. The van der Waals surface area contributed by atoms with E-state index in [0.717, 1.165) is 0 Å². The van der Waals surface area contributed by atoms with Crippen LogP contribution in [0.15, 0.2) is 176 Å². The Balaban J connectivity index is 1.17. The smallest absolute Gasteiger partial charge is 0.0436 e. The van der Waals surface area contributed by atoms with Gasteiger partial charge in [0, 0.05) is 66.4 Å².